The van der Waals surface area contributed by atoms with Crippen LogP contribution < -0.4 is 0 Å². The molecule has 1 aliphatic rings. The molecule has 163 valence electrons. The Morgan fingerprint density at radius 3 is 1.56 bits per heavy atom. The summed E-state index contributed by atoms with van der Waals surface area (Å²) >= 11 is 0. The van der Waals surface area contributed by atoms with Crippen LogP contribution in [-0.4, -0.2) is 23.1 Å². The summed E-state index contributed by atoms with van der Waals surface area (Å²) in [4.78, 5) is 20.2. The summed E-state index contributed by atoms with van der Waals surface area (Å²) < 4.78 is 3.95. The Bertz CT molecular complexity index is 371. The van der Waals surface area contributed by atoms with Gasteiger partial charge >= 0.3 is 11.9 Å². The fourth-order valence-electron chi connectivity index (χ4n) is 2.95. The maximum absolute atomic E-state index is 10.1. The summed E-state index contributed by atoms with van der Waals surface area (Å²) in [6.45, 7) is 6.05. The maximum atomic E-state index is 10.1. The zero-order valence-corrected chi connectivity index (χ0v) is 19.3. The Morgan fingerprint density at radius 1 is 0.889 bits per heavy atom. The zero-order chi connectivity index (χ0) is 19.5. The molecular weight excluding hydrogens is 525 g/mol. The average molecular weight is 566 g/mol. The first-order valence-corrected chi connectivity index (χ1v) is 10.6. The van der Waals surface area contributed by atoms with Crippen LogP contribution in [0.3, 0.4) is 0 Å². The zero-order valence-electron chi connectivity index (χ0n) is 17.1. The van der Waals surface area contributed by atoms with Gasteiger partial charge in [-0.2, -0.15) is 0 Å². The molecule has 1 atom stereocenters. The van der Waals surface area contributed by atoms with Crippen LogP contribution in [-0.2, 0) is 36.7 Å². The van der Waals surface area contributed by atoms with E-state index in [1.54, 1.807) is 0 Å². The van der Waals surface area contributed by atoms with Crippen molar-refractivity contribution in [2.45, 2.75) is 116 Å². The first-order valence-electron chi connectivity index (χ1n) is 10.6. The normalized spacial score (nSPS) is 15.6. The van der Waals surface area contributed by atoms with Crippen LogP contribution >= 0.6 is 0 Å². The summed E-state index contributed by atoms with van der Waals surface area (Å²) in [6.07, 6.45) is 22.0. The van der Waals surface area contributed by atoms with E-state index in [1.807, 2.05) is 6.08 Å². The fraction of sp³-hybridized carbons (Fsp3) is 0.818. The second kappa shape index (κ2) is 21.9. The first-order chi connectivity index (χ1) is 12.6. The van der Waals surface area contributed by atoms with Crippen molar-refractivity contribution >= 4 is 11.9 Å². The summed E-state index contributed by atoms with van der Waals surface area (Å²) in [5, 5.41) is 8.47. The number of carbonyl (C=O) groups is 2. The molecule has 0 bridgehead atoms. The van der Waals surface area contributed by atoms with Crippen molar-refractivity contribution in [3.8, 4) is 0 Å². The van der Waals surface area contributed by atoms with Gasteiger partial charge in [0, 0.05) is 22.4 Å². The van der Waals surface area contributed by atoms with Gasteiger partial charge < -0.3 is 9.84 Å². The topological polar surface area (TPSA) is 63.6 Å². The molecule has 0 aromatic heterocycles. The largest absolute Gasteiger partial charge is 0.391 e. The third kappa shape index (κ3) is 20.1. The molecule has 0 aliphatic carbocycles. The number of rotatable bonds is 15. The van der Waals surface area contributed by atoms with Gasteiger partial charge in [0.2, 0.25) is 0 Å². The van der Waals surface area contributed by atoms with Crippen molar-refractivity contribution in [1.82, 2.24) is 0 Å². The molecule has 1 heterocycles. The second-order valence-electron chi connectivity index (χ2n) is 7.19. The van der Waals surface area contributed by atoms with Gasteiger partial charge in [-0.3, -0.25) is 4.79 Å². The van der Waals surface area contributed by atoms with Crippen LogP contribution in [0.5, 0.6) is 0 Å². The number of hydrogen-bond donors (Lipinski definition) is 1. The number of esters is 2. The minimum Gasteiger partial charge on any atom is -0.391 e. The van der Waals surface area contributed by atoms with E-state index in [0.29, 0.717) is 0 Å². The Morgan fingerprint density at radius 2 is 1.30 bits per heavy atom. The number of allylic oxidation sites excluding steroid dienone is 1. The van der Waals surface area contributed by atoms with E-state index in [9.17, 15) is 9.59 Å². The van der Waals surface area contributed by atoms with E-state index in [4.69, 9.17) is 5.11 Å². The molecule has 0 aromatic carbocycles. The smallest absolute Gasteiger partial charge is 0.343 e. The van der Waals surface area contributed by atoms with Gasteiger partial charge in [0.15, 0.2) is 6.10 Å². The SMILES string of the molecule is C=CCCCCCCCCCCCCCCCC.O=C1CC(O)C(=O)O1.[Au]. The van der Waals surface area contributed by atoms with Crippen molar-refractivity contribution in [2.75, 3.05) is 0 Å². The minimum atomic E-state index is -1.22. The molecule has 0 spiro atoms. The number of aliphatic hydroxyl groups excluding tert-OH is 1. The number of carbonyl (C=O) groups excluding carboxylic acids is 2. The summed E-state index contributed by atoms with van der Waals surface area (Å²) in [7, 11) is 0. The van der Waals surface area contributed by atoms with Gasteiger partial charge in [-0.05, 0) is 12.8 Å². The molecule has 1 aliphatic heterocycles. The molecule has 1 N–H and O–H groups in total. The summed E-state index contributed by atoms with van der Waals surface area (Å²) in [6, 6.07) is 0. The van der Waals surface area contributed by atoms with Gasteiger partial charge in [-0.15, -0.1) is 6.58 Å². The summed E-state index contributed by atoms with van der Waals surface area (Å²) in [5.74, 6) is -1.49. The number of ether oxygens (including phenoxy) is 1. The Hall–Kier alpha value is -0.420. The van der Waals surface area contributed by atoms with Gasteiger partial charge in [-0.1, -0.05) is 96.5 Å². The molecule has 4 nitrogen and oxygen atoms in total. The second-order valence-corrected chi connectivity index (χ2v) is 7.19. The van der Waals surface area contributed by atoms with Crippen molar-refractivity contribution in [3.05, 3.63) is 12.7 Å². The van der Waals surface area contributed by atoms with E-state index in [0.717, 1.165) is 0 Å². The molecule has 1 saturated heterocycles. The average Bonchev–Trinajstić information content (AvgIpc) is 2.91. The van der Waals surface area contributed by atoms with Crippen molar-refractivity contribution in [2.24, 2.45) is 0 Å². The van der Waals surface area contributed by atoms with Gasteiger partial charge in [0.1, 0.15) is 0 Å². The molecule has 5 heteroatoms. The van der Waals surface area contributed by atoms with Crippen molar-refractivity contribution in [1.29, 1.82) is 0 Å². The van der Waals surface area contributed by atoms with Crippen molar-refractivity contribution < 1.29 is 41.8 Å². The van der Waals surface area contributed by atoms with Crippen molar-refractivity contribution in [3.63, 3.8) is 0 Å². The third-order valence-corrected chi connectivity index (χ3v) is 4.61. The number of unbranched alkanes of at least 4 members (excludes halogenated alkanes) is 14. The number of hydrogen-bond acceptors (Lipinski definition) is 4. The van der Waals surface area contributed by atoms with Crippen LogP contribution in [0.4, 0.5) is 0 Å². The number of cyclic esters (lactones) is 2. The van der Waals surface area contributed by atoms with E-state index < -0.39 is 18.0 Å². The molecule has 0 aromatic rings. The Balaban J connectivity index is 0. The first kappa shape index (κ1) is 28.8. The maximum Gasteiger partial charge on any atom is 0.343 e. The predicted molar refractivity (Wildman–Crippen MR) is 107 cm³/mol. The van der Waals surface area contributed by atoms with E-state index >= 15 is 0 Å². The summed E-state index contributed by atoms with van der Waals surface area (Å²) in [5.41, 5.74) is 0. The van der Waals surface area contributed by atoms with Gasteiger partial charge in [0.05, 0.1) is 6.42 Å². The van der Waals surface area contributed by atoms with E-state index in [1.165, 1.54) is 96.3 Å². The third-order valence-electron chi connectivity index (χ3n) is 4.61. The standard InChI is InChI=1S/C18H36.C4H4O4.Au/c1-3-5-7-9-11-13-15-17-18-16-14-12-10-8-6-4-2;5-2-1-3(6)8-4(2)7;/h3H,1,4-18H2,2H3;2,5H,1H2;. The van der Waals surface area contributed by atoms with Crippen LogP contribution in [0.15, 0.2) is 12.7 Å². The number of aliphatic hydroxyl groups is 1. The Kier molecular flexibility index (Phi) is 23.3. The molecule has 1 radical (unpaired) electrons. The quantitative estimate of drug-likeness (QED) is 0.0889. The predicted octanol–water partition coefficient (Wildman–Crippen LogP) is 5.86. The minimum absolute atomic E-state index is 0. The molecule has 1 fully saturated rings. The van der Waals surface area contributed by atoms with Gasteiger partial charge in [0.25, 0.3) is 0 Å². The van der Waals surface area contributed by atoms with E-state index in [2.05, 4.69) is 18.2 Å². The monoisotopic (exact) mass is 565 g/mol. The molecule has 0 amide bonds. The molecule has 1 rings (SSSR count). The van der Waals surface area contributed by atoms with Gasteiger partial charge in [-0.25, -0.2) is 4.79 Å². The van der Waals surface area contributed by atoms with Crippen LogP contribution in [0.2, 0.25) is 0 Å². The van der Waals surface area contributed by atoms with Crippen LogP contribution in [0.1, 0.15) is 110 Å². The molecule has 27 heavy (non-hydrogen) atoms. The van der Waals surface area contributed by atoms with E-state index in [-0.39, 0.29) is 28.8 Å². The molecular formula is C22H40AuO4. The fourth-order valence-corrected chi connectivity index (χ4v) is 2.95. The molecule has 0 saturated carbocycles. The molecule has 1 unspecified atom stereocenters. The Labute approximate surface area is 182 Å². The van der Waals surface area contributed by atoms with Crippen LogP contribution in [0, 0.1) is 0 Å². The van der Waals surface area contributed by atoms with Crippen LogP contribution in [0.25, 0.3) is 0 Å².